The number of hydrogen-bond donors (Lipinski definition) is 1. The molecule has 0 aliphatic carbocycles. The normalized spacial score (nSPS) is 14.3. The van der Waals surface area contributed by atoms with Crippen LogP contribution in [0.2, 0.25) is 12.1 Å². The molecule has 0 rings (SSSR count). The fourth-order valence-electron chi connectivity index (χ4n) is 2.82. The zero-order valence-corrected chi connectivity index (χ0v) is 18.9. The Bertz CT molecular complexity index is 286. The summed E-state index contributed by atoms with van der Waals surface area (Å²) in [7, 11) is 4.64. The molecule has 1 unspecified atom stereocenters. The van der Waals surface area contributed by atoms with E-state index in [1.165, 1.54) is 0 Å². The summed E-state index contributed by atoms with van der Waals surface area (Å²) < 4.78 is 32.7. The van der Waals surface area contributed by atoms with Crippen molar-refractivity contribution in [1.29, 1.82) is 0 Å². The molecular weight excluding hydrogens is 362 g/mol. The maximum Gasteiger partial charge on any atom is 0.500 e. The molecule has 1 N–H and O–H groups in total. The van der Waals surface area contributed by atoms with E-state index in [9.17, 15) is 5.11 Å². The maximum absolute atomic E-state index is 9.75. The second-order valence-corrected chi connectivity index (χ2v) is 12.1. The summed E-state index contributed by atoms with van der Waals surface area (Å²) in [5.41, 5.74) is 0. The van der Waals surface area contributed by atoms with Gasteiger partial charge < -0.3 is 36.6 Å². The van der Waals surface area contributed by atoms with Gasteiger partial charge in [0.25, 0.3) is 0 Å². The minimum absolute atomic E-state index is 0.386. The van der Waals surface area contributed by atoms with Gasteiger partial charge in [-0.15, -0.1) is 0 Å². The molecule has 8 nitrogen and oxygen atoms in total. The smallest absolute Gasteiger partial charge is 0.392 e. The highest BCUT2D eigenvalue weighted by atomic mass is 28.4. The van der Waals surface area contributed by atoms with E-state index in [4.69, 9.17) is 26.6 Å². The van der Waals surface area contributed by atoms with E-state index in [1.807, 2.05) is 0 Å². The number of nitrogens with zero attached hydrogens (tertiary/aromatic N) is 1. The highest BCUT2D eigenvalue weighted by Crippen LogP contribution is 2.18. The van der Waals surface area contributed by atoms with Gasteiger partial charge in [-0.1, -0.05) is 0 Å². The predicted molar refractivity (Wildman–Crippen MR) is 101 cm³/mol. The van der Waals surface area contributed by atoms with E-state index < -0.39 is 17.6 Å². The third-order valence-electron chi connectivity index (χ3n) is 4.30. The second-order valence-electron chi connectivity index (χ2n) is 5.95. The van der Waals surface area contributed by atoms with Crippen LogP contribution in [0.3, 0.4) is 0 Å². The first-order valence-corrected chi connectivity index (χ1v) is 12.4. The molecule has 152 valence electrons. The number of aliphatic hydroxyl groups excluding tert-OH is 1. The Kier molecular flexibility index (Phi) is 13.4. The molecule has 0 aliphatic heterocycles. The zero-order chi connectivity index (χ0) is 19.3. The Labute approximate surface area is 155 Å². The van der Waals surface area contributed by atoms with Gasteiger partial charge in [0.2, 0.25) is 0 Å². The van der Waals surface area contributed by atoms with E-state index in [1.54, 1.807) is 49.6 Å². The third kappa shape index (κ3) is 9.04. The van der Waals surface area contributed by atoms with Gasteiger partial charge in [-0.05, 0) is 32.9 Å². The molecule has 0 fully saturated rings. The Morgan fingerprint density at radius 2 is 1.04 bits per heavy atom. The Hall–Kier alpha value is 0.114. The largest absolute Gasteiger partial charge is 0.500 e. The van der Waals surface area contributed by atoms with Crippen molar-refractivity contribution in [2.45, 2.75) is 38.0 Å². The first-order chi connectivity index (χ1) is 11.9. The van der Waals surface area contributed by atoms with Gasteiger partial charge in [0, 0.05) is 61.3 Å². The molecule has 0 saturated heterocycles. The van der Waals surface area contributed by atoms with Crippen molar-refractivity contribution in [2.24, 2.45) is 0 Å². The summed E-state index contributed by atoms with van der Waals surface area (Å²) in [4.78, 5) is 2.23. The van der Waals surface area contributed by atoms with Gasteiger partial charge in [-0.2, -0.15) is 0 Å². The molecule has 10 heteroatoms. The molecule has 0 aromatic heterocycles. The lowest BCUT2D eigenvalue weighted by Gasteiger charge is -2.29. The molecule has 25 heavy (non-hydrogen) atoms. The molecular formula is C15H37NO7Si2. The average Bonchev–Trinajstić information content (AvgIpc) is 2.62. The lowest BCUT2D eigenvalue weighted by Crippen LogP contribution is -2.44. The minimum atomic E-state index is -2.55. The van der Waals surface area contributed by atoms with Crippen LogP contribution < -0.4 is 0 Å². The van der Waals surface area contributed by atoms with E-state index in [2.05, 4.69) is 4.90 Å². The SMILES string of the molecule is CO[Si](CCCN(CCC[Si](OC)(OC)OC)CC(C)O)(OC)OC. The van der Waals surface area contributed by atoms with Crippen LogP contribution in [-0.2, 0) is 26.6 Å². The van der Waals surface area contributed by atoms with E-state index >= 15 is 0 Å². The molecule has 0 aromatic rings. The van der Waals surface area contributed by atoms with Crippen molar-refractivity contribution in [2.75, 3.05) is 62.3 Å². The topological polar surface area (TPSA) is 78.9 Å². The van der Waals surface area contributed by atoms with Crippen LogP contribution in [0.1, 0.15) is 19.8 Å². The third-order valence-corrected chi connectivity index (χ3v) is 9.97. The van der Waals surface area contributed by atoms with E-state index in [-0.39, 0.29) is 6.10 Å². The summed E-state index contributed by atoms with van der Waals surface area (Å²) >= 11 is 0. The molecule has 0 aliphatic rings. The van der Waals surface area contributed by atoms with E-state index in [0.29, 0.717) is 6.54 Å². The van der Waals surface area contributed by atoms with Crippen LogP contribution in [-0.4, -0.2) is 96.0 Å². The molecule has 0 amide bonds. The summed E-state index contributed by atoms with van der Waals surface area (Å²) in [6.45, 7) is 4.07. The van der Waals surface area contributed by atoms with Crippen LogP contribution in [0.15, 0.2) is 0 Å². The lowest BCUT2D eigenvalue weighted by atomic mass is 10.3. The maximum atomic E-state index is 9.75. The summed E-state index contributed by atoms with van der Waals surface area (Å²) in [6, 6.07) is 1.47. The molecule has 0 saturated carbocycles. The van der Waals surface area contributed by atoms with Crippen LogP contribution in [0, 0.1) is 0 Å². The molecule has 1 atom stereocenters. The molecule has 0 aromatic carbocycles. The van der Waals surface area contributed by atoms with Crippen molar-refractivity contribution in [3.05, 3.63) is 0 Å². The van der Waals surface area contributed by atoms with Crippen molar-refractivity contribution in [1.82, 2.24) is 4.90 Å². The van der Waals surface area contributed by atoms with Gasteiger partial charge in [0.1, 0.15) is 0 Å². The first kappa shape index (κ1) is 25.1. The average molecular weight is 400 g/mol. The Balaban J connectivity index is 4.51. The summed E-state index contributed by atoms with van der Waals surface area (Å²) in [5, 5.41) is 9.75. The zero-order valence-electron chi connectivity index (χ0n) is 16.9. The fourth-order valence-corrected chi connectivity index (χ4v) is 6.23. The number of aliphatic hydroxyl groups is 1. The standard InChI is InChI=1S/C15H37NO7Si2/c1-15(17)14-16(10-8-12-24(18-2,19-3)20-4)11-9-13-25(21-5,22-6)23-7/h15,17H,8-14H2,1-7H3. The van der Waals surface area contributed by atoms with Crippen LogP contribution >= 0.6 is 0 Å². The second kappa shape index (κ2) is 13.3. The predicted octanol–water partition coefficient (Wildman–Crippen LogP) is 1.21. The fraction of sp³-hybridized carbons (Fsp3) is 1.00. The summed E-state index contributed by atoms with van der Waals surface area (Å²) in [5.74, 6) is 0. The van der Waals surface area contributed by atoms with Crippen molar-refractivity contribution in [3.8, 4) is 0 Å². The first-order valence-electron chi connectivity index (χ1n) is 8.57. The van der Waals surface area contributed by atoms with Gasteiger partial charge in [-0.3, -0.25) is 0 Å². The highest BCUT2D eigenvalue weighted by molar-refractivity contribution is 6.60. The summed E-state index contributed by atoms with van der Waals surface area (Å²) in [6.07, 6.45) is 1.36. The quantitative estimate of drug-likeness (QED) is 0.388. The minimum Gasteiger partial charge on any atom is -0.392 e. The van der Waals surface area contributed by atoms with Gasteiger partial charge in [0.05, 0.1) is 6.10 Å². The van der Waals surface area contributed by atoms with Gasteiger partial charge in [0.15, 0.2) is 0 Å². The monoisotopic (exact) mass is 399 g/mol. The van der Waals surface area contributed by atoms with Crippen molar-refractivity contribution >= 4 is 17.6 Å². The highest BCUT2D eigenvalue weighted by Gasteiger charge is 2.38. The lowest BCUT2D eigenvalue weighted by molar-refractivity contribution is 0.109. The van der Waals surface area contributed by atoms with Crippen LogP contribution in [0.4, 0.5) is 0 Å². The Morgan fingerprint density at radius 1 is 0.720 bits per heavy atom. The molecule has 0 bridgehead atoms. The van der Waals surface area contributed by atoms with Gasteiger partial charge in [-0.25, -0.2) is 0 Å². The van der Waals surface area contributed by atoms with E-state index in [0.717, 1.165) is 38.0 Å². The number of hydrogen-bond acceptors (Lipinski definition) is 8. The van der Waals surface area contributed by atoms with Gasteiger partial charge >= 0.3 is 17.6 Å². The van der Waals surface area contributed by atoms with Crippen molar-refractivity contribution in [3.63, 3.8) is 0 Å². The molecule has 0 spiro atoms. The van der Waals surface area contributed by atoms with Crippen LogP contribution in [0.25, 0.3) is 0 Å². The number of rotatable bonds is 16. The molecule has 0 heterocycles. The van der Waals surface area contributed by atoms with Crippen LogP contribution in [0.5, 0.6) is 0 Å². The molecule has 0 radical (unpaired) electrons. The Morgan fingerprint density at radius 3 is 1.28 bits per heavy atom. The van der Waals surface area contributed by atoms with Crippen molar-refractivity contribution < 1.29 is 31.7 Å².